The van der Waals surface area contributed by atoms with E-state index in [-0.39, 0.29) is 5.57 Å². The second-order valence-electron chi connectivity index (χ2n) is 6.13. The topological polar surface area (TPSA) is 106 Å². The molecule has 2 atom stereocenters. The van der Waals surface area contributed by atoms with E-state index in [4.69, 9.17) is 10.2 Å². The van der Waals surface area contributed by atoms with E-state index in [0.717, 1.165) is 10.2 Å². The molecule has 2 aromatic rings. The van der Waals surface area contributed by atoms with Crippen LogP contribution in [-0.4, -0.2) is 26.0 Å². The highest BCUT2D eigenvalue weighted by molar-refractivity contribution is 9.10. The lowest BCUT2D eigenvalue weighted by Crippen LogP contribution is -2.40. The molecule has 1 aromatic carbocycles. The van der Waals surface area contributed by atoms with Crippen LogP contribution in [0.5, 0.6) is 0 Å². The Morgan fingerprint density at radius 2 is 2.04 bits per heavy atom. The van der Waals surface area contributed by atoms with Gasteiger partial charge in [-0.2, -0.15) is 15.6 Å². The number of rotatable bonds is 4. The lowest BCUT2D eigenvalue weighted by atomic mass is 9.96. The number of nitrogens with zero attached hydrogens (tertiary/aromatic N) is 5. The normalized spacial score (nSPS) is 19.4. The quantitative estimate of drug-likeness (QED) is 0.754. The standard InChI is InChI=1S/C19H17BrN6O/c1-25(2)19-16(20)9-14(27-19)8-12(10-21)17-15(11-22)18(23)26(24-17)13-6-4-3-5-7-13/h3-9,15,18H,23H2,1-2H3/b12-8-/t15-,18-/m1/s1. The molecule has 2 heterocycles. The average molecular weight is 425 g/mol. The SMILES string of the molecule is CN(C)c1oc(/C=C(/C#N)C2=NN(c3ccccc3)[C@@H](N)[C@@H]2C#N)cc1Br. The fourth-order valence-corrected chi connectivity index (χ4v) is 3.44. The summed E-state index contributed by atoms with van der Waals surface area (Å²) in [4.78, 5) is 1.81. The van der Waals surface area contributed by atoms with Crippen molar-refractivity contribution in [2.45, 2.75) is 6.17 Å². The van der Waals surface area contributed by atoms with Crippen molar-refractivity contribution in [3.63, 3.8) is 0 Å². The van der Waals surface area contributed by atoms with Gasteiger partial charge in [0, 0.05) is 26.2 Å². The molecule has 1 aromatic heterocycles. The minimum absolute atomic E-state index is 0.238. The Morgan fingerprint density at radius 1 is 1.33 bits per heavy atom. The van der Waals surface area contributed by atoms with E-state index < -0.39 is 12.1 Å². The van der Waals surface area contributed by atoms with Crippen molar-refractivity contribution in [1.82, 2.24) is 0 Å². The smallest absolute Gasteiger partial charge is 0.209 e. The third kappa shape index (κ3) is 3.59. The Hall–Kier alpha value is -3.07. The number of allylic oxidation sites excluding steroid dienone is 1. The molecule has 3 rings (SSSR count). The maximum absolute atomic E-state index is 9.66. The zero-order valence-corrected chi connectivity index (χ0v) is 16.4. The fraction of sp³-hybridized carbons (Fsp3) is 0.211. The monoisotopic (exact) mass is 424 g/mol. The fourth-order valence-electron chi connectivity index (χ4n) is 2.78. The summed E-state index contributed by atoms with van der Waals surface area (Å²) in [7, 11) is 3.71. The molecular weight excluding hydrogens is 408 g/mol. The molecule has 0 saturated heterocycles. The van der Waals surface area contributed by atoms with Gasteiger partial charge in [-0.15, -0.1) is 0 Å². The summed E-state index contributed by atoms with van der Waals surface area (Å²) < 4.78 is 6.51. The molecule has 0 spiro atoms. The van der Waals surface area contributed by atoms with Gasteiger partial charge in [-0.05, 0) is 28.1 Å². The maximum atomic E-state index is 9.66. The summed E-state index contributed by atoms with van der Waals surface area (Å²) in [5.74, 6) is 0.377. The first-order valence-corrected chi connectivity index (χ1v) is 8.92. The van der Waals surface area contributed by atoms with Gasteiger partial charge in [-0.1, -0.05) is 18.2 Å². The minimum atomic E-state index is -0.733. The Balaban J connectivity index is 2.02. The predicted octanol–water partition coefficient (Wildman–Crippen LogP) is 3.32. The lowest BCUT2D eigenvalue weighted by Gasteiger charge is -2.21. The van der Waals surface area contributed by atoms with Crippen molar-refractivity contribution < 1.29 is 4.42 Å². The predicted molar refractivity (Wildman–Crippen MR) is 108 cm³/mol. The van der Waals surface area contributed by atoms with E-state index in [1.807, 2.05) is 49.3 Å². The first-order chi connectivity index (χ1) is 13.0. The van der Waals surface area contributed by atoms with E-state index in [9.17, 15) is 10.5 Å². The third-order valence-electron chi connectivity index (χ3n) is 4.07. The number of hydrogen-bond donors (Lipinski definition) is 1. The molecule has 2 N–H and O–H groups in total. The number of halogens is 1. The number of para-hydroxylation sites is 1. The molecule has 136 valence electrons. The molecule has 0 amide bonds. The zero-order valence-electron chi connectivity index (χ0n) is 14.8. The van der Waals surface area contributed by atoms with Crippen LogP contribution >= 0.6 is 15.9 Å². The highest BCUT2D eigenvalue weighted by atomic mass is 79.9. The van der Waals surface area contributed by atoms with Gasteiger partial charge in [-0.25, -0.2) is 5.01 Å². The van der Waals surface area contributed by atoms with Gasteiger partial charge in [0.15, 0.2) is 0 Å². The van der Waals surface area contributed by atoms with Crippen LogP contribution in [0, 0.1) is 28.6 Å². The summed E-state index contributed by atoms with van der Waals surface area (Å²) in [6.45, 7) is 0. The number of nitriles is 2. The van der Waals surface area contributed by atoms with Crippen molar-refractivity contribution in [3.8, 4) is 12.1 Å². The number of furan rings is 1. The van der Waals surface area contributed by atoms with Crippen LogP contribution in [0.15, 0.2) is 56.0 Å². The van der Waals surface area contributed by atoms with Crippen molar-refractivity contribution >= 4 is 39.3 Å². The summed E-state index contributed by atoms with van der Waals surface area (Å²) in [6.07, 6.45) is 0.895. The number of anilines is 2. The van der Waals surface area contributed by atoms with Crippen LogP contribution in [0.1, 0.15) is 5.76 Å². The molecule has 0 fully saturated rings. The van der Waals surface area contributed by atoms with Gasteiger partial charge >= 0.3 is 0 Å². The van der Waals surface area contributed by atoms with E-state index in [0.29, 0.717) is 17.4 Å². The number of nitrogens with two attached hydrogens (primary N) is 1. The van der Waals surface area contributed by atoms with Gasteiger partial charge in [0.05, 0.1) is 27.5 Å². The highest BCUT2D eigenvalue weighted by Gasteiger charge is 2.37. The van der Waals surface area contributed by atoms with Gasteiger partial charge in [0.1, 0.15) is 23.9 Å². The van der Waals surface area contributed by atoms with Crippen molar-refractivity contribution in [3.05, 3.63) is 52.2 Å². The van der Waals surface area contributed by atoms with Gasteiger partial charge in [-0.3, -0.25) is 0 Å². The van der Waals surface area contributed by atoms with Crippen LogP contribution < -0.4 is 15.6 Å². The minimum Gasteiger partial charge on any atom is -0.440 e. The van der Waals surface area contributed by atoms with E-state index in [1.54, 1.807) is 17.2 Å². The molecule has 7 nitrogen and oxygen atoms in total. The molecule has 0 bridgehead atoms. The highest BCUT2D eigenvalue weighted by Crippen LogP contribution is 2.32. The van der Waals surface area contributed by atoms with E-state index in [1.165, 1.54) is 0 Å². The molecule has 0 saturated carbocycles. The molecule has 0 unspecified atom stereocenters. The van der Waals surface area contributed by atoms with Crippen molar-refractivity contribution in [2.75, 3.05) is 24.0 Å². The summed E-state index contributed by atoms with van der Waals surface area (Å²) in [6, 6.07) is 15.3. The van der Waals surface area contributed by atoms with E-state index in [2.05, 4.69) is 33.2 Å². The third-order valence-corrected chi connectivity index (χ3v) is 4.64. The molecule has 0 aliphatic carbocycles. The Labute approximate surface area is 165 Å². The van der Waals surface area contributed by atoms with Crippen LogP contribution in [0.4, 0.5) is 11.6 Å². The molecule has 1 aliphatic heterocycles. The maximum Gasteiger partial charge on any atom is 0.209 e. The van der Waals surface area contributed by atoms with Crippen molar-refractivity contribution in [1.29, 1.82) is 10.5 Å². The van der Waals surface area contributed by atoms with Crippen LogP contribution in [0.3, 0.4) is 0 Å². The van der Waals surface area contributed by atoms with Gasteiger partial charge < -0.3 is 15.1 Å². The number of hydrogen-bond acceptors (Lipinski definition) is 7. The molecule has 27 heavy (non-hydrogen) atoms. The van der Waals surface area contributed by atoms with Crippen LogP contribution in [0.25, 0.3) is 6.08 Å². The summed E-state index contributed by atoms with van der Waals surface area (Å²) in [5.41, 5.74) is 7.55. The average Bonchev–Trinajstić information content (AvgIpc) is 3.20. The van der Waals surface area contributed by atoms with Crippen LogP contribution in [0.2, 0.25) is 0 Å². The number of hydrazone groups is 1. The second kappa shape index (κ2) is 7.67. The molecule has 1 aliphatic rings. The first-order valence-electron chi connectivity index (χ1n) is 8.13. The first kappa shape index (κ1) is 18.7. The lowest BCUT2D eigenvalue weighted by molar-refractivity contribution is 0.554. The second-order valence-corrected chi connectivity index (χ2v) is 6.98. The molecule has 8 heteroatoms. The van der Waals surface area contributed by atoms with E-state index >= 15 is 0 Å². The Bertz CT molecular complexity index is 980. The van der Waals surface area contributed by atoms with Gasteiger partial charge in [0.2, 0.25) is 5.88 Å². The van der Waals surface area contributed by atoms with Crippen molar-refractivity contribution in [2.24, 2.45) is 16.8 Å². The number of benzene rings is 1. The van der Waals surface area contributed by atoms with Gasteiger partial charge in [0.25, 0.3) is 0 Å². The summed E-state index contributed by atoms with van der Waals surface area (Å²) in [5, 5.41) is 25.3. The largest absolute Gasteiger partial charge is 0.440 e. The Kier molecular flexibility index (Phi) is 5.31. The summed E-state index contributed by atoms with van der Waals surface area (Å²) >= 11 is 3.43. The van der Waals surface area contributed by atoms with Crippen LogP contribution in [-0.2, 0) is 0 Å². The Morgan fingerprint density at radius 3 is 2.59 bits per heavy atom. The molecule has 0 radical (unpaired) electrons. The zero-order chi connectivity index (χ0) is 19.6. The molecular formula is C19H17BrN6O.